The average molecular weight is 312 g/mol. The molecule has 0 saturated heterocycles. The quantitative estimate of drug-likeness (QED) is 0.757. The number of benzene rings is 1. The van der Waals surface area contributed by atoms with Crippen LogP contribution in [0.5, 0.6) is 0 Å². The molecular formula is C12H16ClF2NO2S. The Bertz CT molecular complexity index is 537. The van der Waals surface area contributed by atoms with E-state index in [1.165, 1.54) is 13.1 Å². The normalized spacial score (nSPS) is 13.8. The summed E-state index contributed by atoms with van der Waals surface area (Å²) >= 11 is 5.59. The van der Waals surface area contributed by atoms with E-state index < -0.39 is 21.7 Å². The average Bonchev–Trinajstić information content (AvgIpc) is 2.33. The van der Waals surface area contributed by atoms with Crippen molar-refractivity contribution in [2.45, 2.75) is 13.5 Å². The highest BCUT2D eigenvalue weighted by Gasteiger charge is 2.21. The van der Waals surface area contributed by atoms with Gasteiger partial charge in [-0.15, -0.1) is 11.6 Å². The molecule has 7 heteroatoms. The molecule has 0 spiro atoms. The van der Waals surface area contributed by atoms with E-state index in [4.69, 9.17) is 11.6 Å². The number of alkyl halides is 1. The zero-order valence-electron chi connectivity index (χ0n) is 10.7. The van der Waals surface area contributed by atoms with Gasteiger partial charge in [0, 0.05) is 19.5 Å². The van der Waals surface area contributed by atoms with Crippen molar-refractivity contribution in [2.75, 3.05) is 18.7 Å². The molecule has 108 valence electrons. The second-order valence-electron chi connectivity index (χ2n) is 4.54. The first-order valence-corrected chi connectivity index (χ1v) is 7.84. The van der Waals surface area contributed by atoms with Gasteiger partial charge >= 0.3 is 0 Å². The third kappa shape index (κ3) is 4.71. The third-order valence-electron chi connectivity index (χ3n) is 2.62. The highest BCUT2D eigenvalue weighted by atomic mass is 35.5. The Morgan fingerprint density at radius 1 is 1.32 bits per heavy atom. The Morgan fingerprint density at radius 3 is 2.47 bits per heavy atom. The van der Waals surface area contributed by atoms with Gasteiger partial charge in [-0.1, -0.05) is 13.0 Å². The summed E-state index contributed by atoms with van der Waals surface area (Å²) in [5, 5.41) is 0. The van der Waals surface area contributed by atoms with Gasteiger partial charge in [0.05, 0.1) is 5.75 Å². The van der Waals surface area contributed by atoms with Crippen molar-refractivity contribution in [2.24, 2.45) is 5.92 Å². The first kappa shape index (κ1) is 16.3. The van der Waals surface area contributed by atoms with Crippen LogP contribution in [0.2, 0.25) is 0 Å². The summed E-state index contributed by atoms with van der Waals surface area (Å²) in [6, 6.07) is 3.33. The van der Waals surface area contributed by atoms with Gasteiger partial charge in [0.15, 0.2) is 11.6 Å². The van der Waals surface area contributed by atoms with Crippen LogP contribution in [0, 0.1) is 17.6 Å². The van der Waals surface area contributed by atoms with Crippen LogP contribution in [-0.2, 0) is 16.6 Å². The van der Waals surface area contributed by atoms with Gasteiger partial charge in [0.25, 0.3) is 0 Å². The van der Waals surface area contributed by atoms with Gasteiger partial charge in [-0.05, 0) is 23.6 Å². The molecule has 0 radical (unpaired) electrons. The van der Waals surface area contributed by atoms with E-state index in [0.717, 1.165) is 16.4 Å². The number of hydrogen-bond donors (Lipinski definition) is 0. The van der Waals surface area contributed by atoms with Crippen molar-refractivity contribution in [3.05, 3.63) is 35.4 Å². The molecule has 19 heavy (non-hydrogen) atoms. The number of hydrogen-bond acceptors (Lipinski definition) is 2. The van der Waals surface area contributed by atoms with Crippen LogP contribution in [0.3, 0.4) is 0 Å². The molecule has 0 aliphatic heterocycles. The van der Waals surface area contributed by atoms with Crippen molar-refractivity contribution in [3.63, 3.8) is 0 Å². The lowest BCUT2D eigenvalue weighted by atomic mass is 10.2. The van der Waals surface area contributed by atoms with Crippen molar-refractivity contribution in [1.82, 2.24) is 4.31 Å². The van der Waals surface area contributed by atoms with Gasteiger partial charge in [-0.25, -0.2) is 21.5 Å². The van der Waals surface area contributed by atoms with Crippen LogP contribution in [0.15, 0.2) is 18.2 Å². The smallest absolute Gasteiger partial charge is 0.212 e. The summed E-state index contributed by atoms with van der Waals surface area (Å²) in [6.07, 6.45) is 0. The zero-order chi connectivity index (χ0) is 14.6. The first-order valence-electron chi connectivity index (χ1n) is 5.70. The van der Waals surface area contributed by atoms with Crippen LogP contribution < -0.4 is 0 Å². The Kier molecular flexibility index (Phi) is 5.70. The highest BCUT2D eigenvalue weighted by molar-refractivity contribution is 7.89. The predicted molar refractivity (Wildman–Crippen MR) is 71.5 cm³/mol. The molecule has 0 fully saturated rings. The fourth-order valence-electron chi connectivity index (χ4n) is 1.52. The van der Waals surface area contributed by atoms with E-state index in [-0.39, 0.29) is 24.1 Å². The van der Waals surface area contributed by atoms with Gasteiger partial charge < -0.3 is 0 Å². The molecule has 0 amide bonds. The molecule has 0 aliphatic rings. The van der Waals surface area contributed by atoms with Crippen LogP contribution in [0.4, 0.5) is 8.78 Å². The molecule has 1 atom stereocenters. The molecule has 0 aromatic heterocycles. The third-order valence-corrected chi connectivity index (χ3v) is 5.22. The highest BCUT2D eigenvalue weighted by Crippen LogP contribution is 2.14. The van der Waals surface area contributed by atoms with Crippen LogP contribution in [-0.4, -0.2) is 31.4 Å². The van der Waals surface area contributed by atoms with E-state index in [2.05, 4.69) is 0 Å². The van der Waals surface area contributed by atoms with Gasteiger partial charge in [-0.2, -0.15) is 0 Å². The SMILES string of the molecule is CC(CCl)CS(=O)(=O)N(C)Cc1ccc(F)c(F)c1. The minimum atomic E-state index is -3.46. The summed E-state index contributed by atoms with van der Waals surface area (Å²) in [7, 11) is -2.06. The molecule has 0 saturated carbocycles. The van der Waals surface area contributed by atoms with Crippen molar-refractivity contribution in [3.8, 4) is 0 Å². The summed E-state index contributed by atoms with van der Waals surface area (Å²) < 4.78 is 50.8. The van der Waals surface area contributed by atoms with Gasteiger partial charge in [-0.3, -0.25) is 0 Å². The number of halogens is 3. The maximum atomic E-state index is 13.0. The zero-order valence-corrected chi connectivity index (χ0v) is 12.3. The number of sulfonamides is 1. The molecule has 0 aliphatic carbocycles. The van der Waals surface area contributed by atoms with Crippen molar-refractivity contribution < 1.29 is 17.2 Å². The Morgan fingerprint density at radius 2 is 1.95 bits per heavy atom. The standard InChI is InChI=1S/C12H16ClF2NO2S/c1-9(6-13)8-19(17,18)16(2)7-10-3-4-11(14)12(15)5-10/h3-5,9H,6-8H2,1-2H3. The Balaban J connectivity index is 2.78. The fourth-order valence-corrected chi connectivity index (χ4v) is 3.20. The van der Waals surface area contributed by atoms with Crippen LogP contribution >= 0.6 is 11.6 Å². The second-order valence-corrected chi connectivity index (χ2v) is 6.97. The second kappa shape index (κ2) is 6.63. The Hall–Kier alpha value is -0.720. The lowest BCUT2D eigenvalue weighted by Crippen LogP contribution is -2.31. The van der Waals surface area contributed by atoms with Crippen molar-refractivity contribution in [1.29, 1.82) is 0 Å². The van der Waals surface area contributed by atoms with Gasteiger partial charge in [0.2, 0.25) is 10.0 Å². The molecule has 0 heterocycles. The summed E-state index contributed by atoms with van der Waals surface area (Å²) in [5.74, 6) is -1.93. The lowest BCUT2D eigenvalue weighted by molar-refractivity contribution is 0.456. The van der Waals surface area contributed by atoms with E-state index in [1.54, 1.807) is 6.92 Å². The molecule has 0 N–H and O–H groups in total. The molecule has 3 nitrogen and oxygen atoms in total. The monoisotopic (exact) mass is 311 g/mol. The molecular weight excluding hydrogens is 296 g/mol. The van der Waals surface area contributed by atoms with E-state index in [9.17, 15) is 17.2 Å². The summed E-state index contributed by atoms with van der Waals surface area (Å²) in [5.41, 5.74) is 0.392. The molecule has 1 unspecified atom stereocenters. The van der Waals surface area contributed by atoms with Crippen LogP contribution in [0.1, 0.15) is 12.5 Å². The lowest BCUT2D eigenvalue weighted by Gasteiger charge is -2.19. The fraction of sp³-hybridized carbons (Fsp3) is 0.500. The molecule has 1 aromatic carbocycles. The minimum absolute atomic E-state index is 0.00542. The molecule has 0 bridgehead atoms. The Labute approximate surface area is 117 Å². The predicted octanol–water partition coefficient (Wildman–Crippen LogP) is 2.60. The number of nitrogens with zero attached hydrogens (tertiary/aromatic N) is 1. The van der Waals surface area contributed by atoms with Crippen molar-refractivity contribution >= 4 is 21.6 Å². The van der Waals surface area contributed by atoms with E-state index in [1.807, 2.05) is 0 Å². The van der Waals surface area contributed by atoms with Gasteiger partial charge in [0.1, 0.15) is 0 Å². The largest absolute Gasteiger partial charge is 0.214 e. The molecule has 1 aromatic rings. The number of rotatable bonds is 6. The van der Waals surface area contributed by atoms with E-state index >= 15 is 0 Å². The summed E-state index contributed by atoms with van der Waals surface area (Å²) in [6.45, 7) is 1.73. The first-order chi connectivity index (χ1) is 8.76. The van der Waals surface area contributed by atoms with E-state index in [0.29, 0.717) is 5.56 Å². The topological polar surface area (TPSA) is 37.4 Å². The van der Waals surface area contributed by atoms with Crippen LogP contribution in [0.25, 0.3) is 0 Å². The minimum Gasteiger partial charge on any atom is -0.212 e. The molecule has 1 rings (SSSR count). The maximum absolute atomic E-state index is 13.0. The maximum Gasteiger partial charge on any atom is 0.214 e. The summed E-state index contributed by atoms with van der Waals surface area (Å²) in [4.78, 5) is 0.